The molecule has 0 aliphatic rings. The Balaban J connectivity index is 6.55. The second-order valence-electron chi connectivity index (χ2n) is 6.41. The third-order valence-corrected chi connectivity index (χ3v) is 17.6. The molecule has 0 amide bonds. The predicted molar refractivity (Wildman–Crippen MR) is 134 cm³/mol. The fourth-order valence-corrected chi connectivity index (χ4v) is 15.8. The van der Waals surface area contributed by atoms with Gasteiger partial charge in [-0.1, -0.05) is 25.8 Å². The van der Waals surface area contributed by atoms with Gasteiger partial charge in [0.25, 0.3) is 0 Å². The van der Waals surface area contributed by atoms with Gasteiger partial charge >= 0.3 is 41.2 Å². The van der Waals surface area contributed by atoms with Crippen LogP contribution in [0.15, 0.2) is 49.0 Å². The lowest BCUT2D eigenvalue weighted by molar-refractivity contribution is -0.137. The third-order valence-electron chi connectivity index (χ3n) is 4.52. The molecule has 0 aromatic rings. The normalized spacial score (nSPS) is 13.1. The second kappa shape index (κ2) is 15.8. The molecule has 34 heavy (non-hydrogen) atoms. The Hall–Kier alpha value is -1.06. The fraction of sp³-hybridized carbons (Fsp3) is 0.526. The number of ether oxygens (including phenoxy) is 1. The first-order valence-electron chi connectivity index (χ1n) is 10.2. The highest BCUT2D eigenvalue weighted by Crippen LogP contribution is 2.32. The van der Waals surface area contributed by atoms with E-state index < -0.39 is 41.2 Å². The summed E-state index contributed by atoms with van der Waals surface area (Å²) in [4.78, 5) is 11.7. The van der Waals surface area contributed by atoms with Crippen molar-refractivity contribution in [3.63, 3.8) is 0 Å². The molecule has 0 unspecified atom stereocenters. The van der Waals surface area contributed by atoms with Crippen LogP contribution < -0.4 is 0 Å². The molecule has 0 fully saturated rings. The van der Waals surface area contributed by atoms with Crippen LogP contribution in [0, 0.1) is 0 Å². The molecule has 0 aromatic heterocycles. The Morgan fingerprint density at radius 3 is 1.32 bits per heavy atom. The van der Waals surface area contributed by atoms with E-state index in [1.54, 1.807) is 13.0 Å². The summed E-state index contributed by atoms with van der Waals surface area (Å²) in [6, 6.07) is 0.121. The van der Waals surface area contributed by atoms with E-state index in [0.717, 1.165) is 0 Å². The number of hydrogen-bond acceptors (Lipinski definition) is 11. The topological polar surface area (TPSA) is 109 Å². The Bertz CT molecular complexity index is 613. The summed E-state index contributed by atoms with van der Waals surface area (Å²) >= 11 is 0. The largest absolute Gasteiger partial charge is 0.521 e. The molecule has 15 heteroatoms. The molecule has 0 aliphatic carbocycles. The first-order valence-corrected chi connectivity index (χ1v) is 17.6. The summed E-state index contributed by atoms with van der Waals surface area (Å²) in [7, 11) is -5.98. The second-order valence-corrected chi connectivity index (χ2v) is 18.0. The monoisotopic (exact) mass is 554 g/mol. The number of hydrogen-bond donors (Lipinski definition) is 0. The Labute approximate surface area is 207 Å². The minimum atomic E-state index is -3.97. The molecule has 11 nitrogen and oxygen atoms in total. The van der Waals surface area contributed by atoms with E-state index in [4.69, 9.17) is 43.6 Å². The van der Waals surface area contributed by atoms with Crippen molar-refractivity contribution in [1.29, 1.82) is 0 Å². The molecule has 0 aliphatic heterocycles. The van der Waals surface area contributed by atoms with E-state index in [1.807, 2.05) is 0 Å². The maximum absolute atomic E-state index is 11.7. The Morgan fingerprint density at radius 1 is 0.706 bits per heavy atom. The van der Waals surface area contributed by atoms with Gasteiger partial charge in [-0.3, -0.25) is 0 Å². The van der Waals surface area contributed by atoms with Crippen LogP contribution >= 0.6 is 0 Å². The summed E-state index contributed by atoms with van der Waals surface area (Å²) in [5, 5.41) is 0. The molecule has 0 N–H and O–H groups in total. The maximum atomic E-state index is 11.7. The number of carbonyl (C=O) groups is 1. The highest BCUT2D eigenvalue weighted by Gasteiger charge is 2.61. The molecule has 0 rings (SSSR count). The number of allylic oxidation sites excluding steroid dienone is 1. The SMILES string of the molecule is C=C[Si](OC)(OC)O[Si](CCCOC(=O)C=CC)(O[Si](C=C)(OC)OC)O[Si](C=C)(OC)OC. The van der Waals surface area contributed by atoms with E-state index in [0.29, 0.717) is 0 Å². The van der Waals surface area contributed by atoms with E-state index in [-0.39, 0.29) is 19.1 Å². The van der Waals surface area contributed by atoms with Crippen molar-refractivity contribution >= 4 is 41.2 Å². The van der Waals surface area contributed by atoms with Gasteiger partial charge in [-0.25, -0.2) is 4.79 Å². The minimum absolute atomic E-state index is 0.0574. The van der Waals surface area contributed by atoms with Crippen LogP contribution in [0.5, 0.6) is 0 Å². The average Bonchev–Trinajstić information content (AvgIpc) is 2.87. The summed E-state index contributed by atoms with van der Waals surface area (Å²) in [6.07, 6.45) is 3.19. The molecule has 0 spiro atoms. The molecular weight excluding hydrogens is 517 g/mol. The van der Waals surface area contributed by atoms with E-state index in [2.05, 4.69) is 19.7 Å². The Morgan fingerprint density at radius 2 is 1.06 bits per heavy atom. The van der Waals surface area contributed by atoms with Crippen LogP contribution in [0.1, 0.15) is 13.3 Å². The van der Waals surface area contributed by atoms with Crippen molar-refractivity contribution in [2.24, 2.45) is 0 Å². The van der Waals surface area contributed by atoms with Gasteiger partial charge in [-0.2, -0.15) is 0 Å². The van der Waals surface area contributed by atoms with Crippen LogP contribution in [-0.2, 0) is 48.4 Å². The summed E-state index contributed by atoms with van der Waals surface area (Å²) in [6.45, 7) is 13.1. The number of esters is 1. The molecule has 0 aromatic carbocycles. The molecule has 0 bridgehead atoms. The molecule has 0 heterocycles. The predicted octanol–water partition coefficient (Wildman–Crippen LogP) is 2.36. The van der Waals surface area contributed by atoms with E-state index in [9.17, 15) is 4.79 Å². The van der Waals surface area contributed by atoms with Crippen LogP contribution in [-0.4, -0.2) is 90.5 Å². The van der Waals surface area contributed by atoms with Gasteiger partial charge in [0.15, 0.2) is 0 Å². The van der Waals surface area contributed by atoms with E-state index >= 15 is 0 Å². The molecule has 0 saturated carbocycles. The van der Waals surface area contributed by atoms with Crippen LogP contribution in [0.25, 0.3) is 0 Å². The van der Waals surface area contributed by atoms with E-state index in [1.165, 1.54) is 65.8 Å². The molecule has 0 atom stereocenters. The van der Waals surface area contributed by atoms with Gasteiger partial charge < -0.3 is 43.6 Å². The van der Waals surface area contributed by atoms with Crippen LogP contribution in [0.4, 0.5) is 0 Å². The number of rotatable bonds is 20. The highest BCUT2D eigenvalue weighted by molar-refractivity contribution is 6.87. The Kier molecular flexibility index (Phi) is 15.3. The average molecular weight is 555 g/mol. The van der Waals surface area contributed by atoms with Crippen molar-refractivity contribution < 1.29 is 48.4 Å². The zero-order valence-electron chi connectivity index (χ0n) is 21.1. The zero-order chi connectivity index (χ0) is 26.3. The summed E-state index contributed by atoms with van der Waals surface area (Å²) in [5.41, 5.74) is 4.29. The molecular formula is C19H38O11Si4. The highest BCUT2D eigenvalue weighted by atomic mass is 28.5. The standard InChI is InChI=1S/C19H38O11Si4/c1-11-16-19(20)27-17-15-18-34(28-31(12-2,21-5)22-6,29-32(13-3,23-7)24-8)30-33(14-4,25-9)26-10/h11-14,16H,2-4,15,17-18H2,1,5-10H3. The maximum Gasteiger partial charge on any atom is 0.521 e. The van der Waals surface area contributed by atoms with Crippen LogP contribution in [0.2, 0.25) is 6.04 Å². The molecule has 196 valence electrons. The third kappa shape index (κ3) is 9.19. The number of carbonyl (C=O) groups excluding carboxylic acids is 1. The zero-order valence-corrected chi connectivity index (χ0v) is 25.1. The van der Waals surface area contributed by atoms with Gasteiger partial charge in [0, 0.05) is 54.8 Å². The van der Waals surface area contributed by atoms with Crippen molar-refractivity contribution in [1.82, 2.24) is 0 Å². The lowest BCUT2D eigenvalue weighted by Crippen LogP contribution is -2.67. The van der Waals surface area contributed by atoms with Crippen molar-refractivity contribution in [2.45, 2.75) is 19.4 Å². The summed E-state index contributed by atoms with van der Waals surface area (Å²) < 4.78 is 57.9. The van der Waals surface area contributed by atoms with Crippen molar-refractivity contribution in [2.75, 3.05) is 49.3 Å². The van der Waals surface area contributed by atoms with Gasteiger partial charge in [0.1, 0.15) is 0 Å². The van der Waals surface area contributed by atoms with Gasteiger partial charge in [-0.05, 0) is 30.4 Å². The fourth-order valence-electron chi connectivity index (χ4n) is 2.64. The van der Waals surface area contributed by atoms with Gasteiger partial charge in [0.05, 0.1) is 6.61 Å². The smallest absolute Gasteiger partial charge is 0.463 e. The van der Waals surface area contributed by atoms with Crippen molar-refractivity contribution in [3.8, 4) is 0 Å². The lowest BCUT2D eigenvalue weighted by Gasteiger charge is -2.42. The van der Waals surface area contributed by atoms with Crippen LogP contribution in [0.3, 0.4) is 0 Å². The molecule has 0 radical (unpaired) electrons. The lowest BCUT2D eigenvalue weighted by atomic mass is 10.5. The first kappa shape index (κ1) is 32.9. The van der Waals surface area contributed by atoms with Gasteiger partial charge in [0.2, 0.25) is 0 Å². The minimum Gasteiger partial charge on any atom is -0.463 e. The quantitative estimate of drug-likeness (QED) is 0.0957. The summed E-state index contributed by atoms with van der Waals surface area (Å²) in [5.74, 6) is -0.478. The first-order chi connectivity index (χ1) is 16.1. The van der Waals surface area contributed by atoms with Crippen molar-refractivity contribution in [3.05, 3.63) is 49.0 Å². The van der Waals surface area contributed by atoms with Gasteiger partial charge in [-0.15, -0.1) is 0 Å². The molecule has 0 saturated heterocycles.